The van der Waals surface area contributed by atoms with E-state index in [1.807, 2.05) is 51.7 Å². The number of benzene rings is 2. The Balaban J connectivity index is 0.000000205. The number of fused-ring (bicyclic) bond motifs is 4. The lowest BCUT2D eigenvalue weighted by Crippen LogP contribution is -2.61. The average molecular weight is 973 g/mol. The second-order valence-electron chi connectivity index (χ2n) is 17.3. The first-order chi connectivity index (χ1) is 32.2. The van der Waals surface area contributed by atoms with Crippen LogP contribution < -0.4 is 25.4 Å². The Kier molecular flexibility index (Phi) is 18.1. The van der Waals surface area contributed by atoms with Gasteiger partial charge >= 0.3 is 29.2 Å². The molecule has 5 aliphatic heterocycles. The van der Waals surface area contributed by atoms with Crippen LogP contribution in [0.15, 0.2) is 49.1 Å². The summed E-state index contributed by atoms with van der Waals surface area (Å²) in [4.78, 5) is 31.8. The van der Waals surface area contributed by atoms with Crippen molar-refractivity contribution in [1.82, 2.24) is 30.2 Å². The van der Waals surface area contributed by atoms with Gasteiger partial charge in [-0.05, 0) is 63.1 Å². The van der Waals surface area contributed by atoms with E-state index in [4.69, 9.17) is 45.3 Å². The maximum atomic E-state index is 14.3. The highest BCUT2D eigenvalue weighted by Gasteiger charge is 2.45. The summed E-state index contributed by atoms with van der Waals surface area (Å²) in [5.74, 6) is 1.35. The van der Waals surface area contributed by atoms with Gasteiger partial charge in [0, 0.05) is 43.2 Å². The number of nitrogens with one attached hydrogen (secondary N) is 3. The molecular weight excluding hydrogens is 919 g/mol. The molecule has 67 heavy (non-hydrogen) atoms. The Labute approximate surface area is 393 Å². The van der Waals surface area contributed by atoms with Gasteiger partial charge in [-0.3, -0.25) is 4.90 Å². The number of anilines is 4. The minimum atomic E-state index is -0.750. The number of morpholine rings is 2. The molecule has 9 rings (SSSR count). The first kappa shape index (κ1) is 50.8. The van der Waals surface area contributed by atoms with Crippen LogP contribution in [0.4, 0.5) is 36.6 Å². The highest BCUT2D eigenvalue weighted by atomic mass is 32.1. The smallest absolute Gasteiger partial charge is 0.410 e. The van der Waals surface area contributed by atoms with Crippen molar-refractivity contribution < 1.29 is 58.8 Å². The van der Waals surface area contributed by atoms with Crippen LogP contribution in [0.3, 0.4) is 0 Å². The van der Waals surface area contributed by atoms with Crippen molar-refractivity contribution in [2.24, 2.45) is 5.41 Å². The number of ether oxygens (including phenoxy) is 6. The Morgan fingerprint density at radius 1 is 0.716 bits per heavy atom. The quantitative estimate of drug-likeness (QED) is 0.183. The van der Waals surface area contributed by atoms with Crippen molar-refractivity contribution in [2.45, 2.75) is 96.7 Å². The lowest BCUT2D eigenvalue weighted by atomic mass is 9.90. The molecule has 0 spiro atoms. The third-order valence-electron chi connectivity index (χ3n) is 11.7. The van der Waals surface area contributed by atoms with E-state index >= 15 is 0 Å². The van der Waals surface area contributed by atoms with Gasteiger partial charge < -0.3 is 44.4 Å². The molecule has 1 amide bonds. The van der Waals surface area contributed by atoms with Gasteiger partial charge in [-0.15, -0.1) is 0 Å². The van der Waals surface area contributed by atoms with E-state index in [0.717, 1.165) is 42.7 Å². The zero-order valence-electron chi connectivity index (χ0n) is 37.7. The van der Waals surface area contributed by atoms with E-state index in [1.165, 1.54) is 24.8 Å². The summed E-state index contributed by atoms with van der Waals surface area (Å²) in [6.07, 6.45) is 5.46. The first-order valence-corrected chi connectivity index (χ1v) is 22.9. The number of aromatic nitrogens is 4. The van der Waals surface area contributed by atoms with E-state index in [2.05, 4.69) is 35.9 Å². The van der Waals surface area contributed by atoms with Crippen LogP contribution in [0.1, 0.15) is 54.9 Å². The van der Waals surface area contributed by atoms with E-state index in [-0.39, 0.29) is 47.4 Å². The van der Waals surface area contributed by atoms with Gasteiger partial charge in [0.2, 0.25) is 11.8 Å². The van der Waals surface area contributed by atoms with Crippen molar-refractivity contribution in [3.05, 3.63) is 82.9 Å². The Morgan fingerprint density at radius 2 is 1.16 bits per heavy atom. The SMILES string of the molecule is Cc1ccc(Nc2ncnc(OC3CC4COCC(C3)N4)c2C)c(F)c1.Cc1ccc(Nc2ncnc(OC3CC4COCC(C3)N4C(=O)OCC3(C)COC3)c2C)c(F)c1.O=S=O.O=S=O. The van der Waals surface area contributed by atoms with Gasteiger partial charge in [-0.1, -0.05) is 19.1 Å². The molecule has 4 bridgehead atoms. The zero-order valence-corrected chi connectivity index (χ0v) is 39.3. The zero-order chi connectivity index (χ0) is 48.1. The van der Waals surface area contributed by atoms with Gasteiger partial charge in [0.1, 0.15) is 54.7 Å². The van der Waals surface area contributed by atoms with Crippen LogP contribution in [-0.2, 0) is 42.1 Å². The molecule has 5 fully saturated rings. The van der Waals surface area contributed by atoms with Crippen LogP contribution in [0.2, 0.25) is 0 Å². The fraction of sp³-hybridized carbons (Fsp3) is 0.523. The molecule has 0 radical (unpaired) electrons. The Morgan fingerprint density at radius 3 is 1.60 bits per heavy atom. The topological polar surface area (TPSA) is 232 Å². The number of hydrogen-bond acceptors (Lipinski definition) is 18. The first-order valence-electron chi connectivity index (χ1n) is 21.5. The molecule has 2 aromatic heterocycles. The number of hydrogen-bond donors (Lipinski definition) is 3. The molecule has 3 N–H and O–H groups in total. The number of amides is 1. The number of piperidine rings is 2. The highest BCUT2D eigenvalue weighted by molar-refractivity contribution is 7.51. The average Bonchev–Trinajstić information content (AvgIpc) is 3.27. The molecule has 2 aromatic carbocycles. The van der Waals surface area contributed by atoms with Gasteiger partial charge in [0.15, 0.2) is 0 Å². The summed E-state index contributed by atoms with van der Waals surface area (Å²) < 4.78 is 96.2. The van der Waals surface area contributed by atoms with Crippen LogP contribution >= 0.6 is 0 Å². The summed E-state index contributed by atoms with van der Waals surface area (Å²) in [6, 6.07) is 10.4. The lowest BCUT2D eigenvalue weighted by Gasteiger charge is -2.47. The number of carbonyl (C=O) groups is 1. The maximum Gasteiger partial charge on any atom is 0.410 e. The van der Waals surface area contributed by atoms with Gasteiger partial charge in [0.25, 0.3) is 0 Å². The van der Waals surface area contributed by atoms with E-state index < -0.39 is 23.1 Å². The standard InChI is InChI=1S/C25H31FN4O5.C19H23FN4O2.2O2S/c1-15-4-5-21(20(26)6-15)29-22-16(2)23(28-14-27-22)35-19-7-17-9-32-10-18(8-19)30(17)24(31)34-13-25(3)11-33-12-25;1-11-3-4-17(16(20)5-11)24-18-12(2)19(22-10-21-18)26-15-6-13-8-25-9-14(7-15)23-13;2*1-3-2/h4-6,14,17-19H,7-13H2,1-3H3,(H,27,28,29);3-5,10,13-15,23H,6-9H2,1-2H3,(H,21,22,24);;. The predicted molar refractivity (Wildman–Crippen MR) is 240 cm³/mol. The van der Waals surface area contributed by atoms with Gasteiger partial charge in [-0.25, -0.2) is 33.5 Å². The molecule has 4 unspecified atom stereocenters. The molecule has 4 atom stereocenters. The number of rotatable bonds is 10. The Hall–Kier alpha value is -5.59. The molecule has 362 valence electrons. The summed E-state index contributed by atoms with van der Waals surface area (Å²) in [5, 5.41) is 9.63. The third-order valence-corrected chi connectivity index (χ3v) is 11.7. The van der Waals surface area contributed by atoms with Crippen LogP contribution in [0.25, 0.3) is 0 Å². The van der Waals surface area contributed by atoms with E-state index in [1.54, 1.807) is 12.1 Å². The fourth-order valence-electron chi connectivity index (χ4n) is 8.36. The monoisotopic (exact) mass is 972 g/mol. The summed E-state index contributed by atoms with van der Waals surface area (Å²) >= 11 is -1.50. The molecule has 23 heteroatoms. The van der Waals surface area contributed by atoms with E-state index in [9.17, 15) is 13.6 Å². The van der Waals surface area contributed by atoms with E-state index in [0.29, 0.717) is 98.3 Å². The molecule has 0 aliphatic carbocycles. The predicted octanol–water partition coefficient (Wildman–Crippen LogP) is 5.29. The minimum absolute atomic E-state index is 0.0905. The van der Waals surface area contributed by atoms with Crippen molar-refractivity contribution in [3.63, 3.8) is 0 Å². The van der Waals surface area contributed by atoms with Crippen LogP contribution in [-0.4, -0.2) is 130 Å². The minimum Gasteiger partial charge on any atom is -0.474 e. The molecule has 4 aromatic rings. The van der Waals surface area contributed by atoms with Crippen LogP contribution in [0.5, 0.6) is 11.8 Å². The molecule has 5 aliphatic rings. The molecule has 5 saturated heterocycles. The maximum absolute atomic E-state index is 14.3. The number of halogens is 2. The van der Waals surface area contributed by atoms with Gasteiger partial charge in [0.05, 0.1) is 74.2 Å². The number of aryl methyl sites for hydroxylation is 2. The second-order valence-corrected chi connectivity index (χ2v) is 17.6. The molecule has 7 heterocycles. The number of carbonyl (C=O) groups excluding carboxylic acids is 1. The summed E-state index contributed by atoms with van der Waals surface area (Å²) in [6.45, 7) is 13.3. The van der Waals surface area contributed by atoms with Gasteiger partial charge in [-0.2, -0.15) is 16.8 Å². The van der Waals surface area contributed by atoms with Crippen molar-refractivity contribution >= 4 is 52.2 Å². The molecular formula is C44H54F2N8O11S2. The lowest BCUT2D eigenvalue weighted by molar-refractivity contribution is -0.136. The van der Waals surface area contributed by atoms with Crippen LogP contribution in [0, 0.1) is 44.7 Å². The Bertz CT molecular complexity index is 2370. The van der Waals surface area contributed by atoms with Crippen molar-refractivity contribution in [3.8, 4) is 11.8 Å². The highest BCUT2D eigenvalue weighted by Crippen LogP contribution is 2.35. The number of nitrogens with zero attached hydrogens (tertiary/aromatic N) is 5. The van der Waals surface area contributed by atoms with Crippen molar-refractivity contribution in [1.29, 1.82) is 0 Å². The molecule has 19 nitrogen and oxygen atoms in total. The summed E-state index contributed by atoms with van der Waals surface area (Å²) in [7, 11) is 0. The summed E-state index contributed by atoms with van der Waals surface area (Å²) in [5.41, 5.74) is 3.80. The van der Waals surface area contributed by atoms with Crippen molar-refractivity contribution in [2.75, 3.05) is 56.9 Å². The second kappa shape index (κ2) is 23.9. The third kappa shape index (κ3) is 13.8. The largest absolute Gasteiger partial charge is 0.474 e. The molecule has 0 saturated carbocycles. The normalized spacial score (nSPS) is 23.1. The fourth-order valence-corrected chi connectivity index (χ4v) is 8.36.